The van der Waals surface area contributed by atoms with Gasteiger partial charge in [0.05, 0.1) is 0 Å². The predicted octanol–water partition coefficient (Wildman–Crippen LogP) is 5.06. The number of hydrogen-bond donors (Lipinski definition) is 1. The fourth-order valence-corrected chi connectivity index (χ4v) is 2.34. The summed E-state index contributed by atoms with van der Waals surface area (Å²) in [5.74, 6) is 0. The molecule has 0 aromatic heterocycles. The Labute approximate surface area is 122 Å². The molecule has 0 saturated carbocycles. The van der Waals surface area contributed by atoms with E-state index < -0.39 is 0 Å². The summed E-state index contributed by atoms with van der Waals surface area (Å²) in [6.07, 6.45) is 3.75. The number of para-hydroxylation sites is 1. The Morgan fingerprint density at radius 2 is 1.50 bits per heavy atom. The molecule has 1 N–H and O–H groups in total. The fraction of sp³-hybridized carbons (Fsp3) is 0.333. The lowest BCUT2D eigenvalue weighted by Crippen LogP contribution is -2.18. The average Bonchev–Trinajstić information content (AvgIpc) is 2.53. The van der Waals surface area contributed by atoms with Crippen molar-refractivity contribution in [2.45, 2.75) is 26.2 Å². The van der Waals surface area contributed by atoms with Crippen LogP contribution in [0.5, 0.6) is 0 Å². The number of nitrogens with one attached hydrogen (secondary N) is 1. The van der Waals surface area contributed by atoms with Crippen molar-refractivity contribution < 1.29 is 0 Å². The summed E-state index contributed by atoms with van der Waals surface area (Å²) in [4.78, 5) is 2.40. The van der Waals surface area contributed by atoms with E-state index >= 15 is 0 Å². The van der Waals surface area contributed by atoms with Crippen molar-refractivity contribution in [1.82, 2.24) is 0 Å². The average molecular weight is 268 g/mol. The van der Waals surface area contributed by atoms with Gasteiger partial charge in [0.25, 0.3) is 0 Å². The van der Waals surface area contributed by atoms with Gasteiger partial charge < -0.3 is 10.2 Å². The van der Waals surface area contributed by atoms with Gasteiger partial charge in [-0.25, -0.2) is 0 Å². The van der Waals surface area contributed by atoms with E-state index in [1.165, 1.54) is 30.6 Å². The lowest BCUT2D eigenvalue weighted by atomic mass is 10.2. The first-order valence-electron chi connectivity index (χ1n) is 7.45. The number of rotatable bonds is 7. The molecule has 0 aliphatic heterocycles. The molecule has 2 aromatic carbocycles. The Hall–Kier alpha value is -1.96. The van der Waals surface area contributed by atoms with Crippen LogP contribution in [0.2, 0.25) is 0 Å². The smallest absolute Gasteiger partial charge is 0.0412 e. The fourth-order valence-electron chi connectivity index (χ4n) is 2.34. The van der Waals surface area contributed by atoms with E-state index in [0.717, 1.165) is 12.2 Å². The molecule has 0 atom stereocenters. The zero-order valence-corrected chi connectivity index (χ0v) is 12.5. The first-order chi connectivity index (χ1) is 9.85. The largest absolute Gasteiger partial charge is 0.388 e. The summed E-state index contributed by atoms with van der Waals surface area (Å²) in [6.45, 7) is 3.31. The zero-order valence-electron chi connectivity index (χ0n) is 12.5. The molecule has 20 heavy (non-hydrogen) atoms. The molecule has 0 aliphatic rings. The summed E-state index contributed by atoms with van der Waals surface area (Å²) >= 11 is 0. The molecule has 0 fully saturated rings. The van der Waals surface area contributed by atoms with Gasteiger partial charge in [-0.2, -0.15) is 0 Å². The molecule has 0 unspecified atom stereocenters. The molecule has 0 aliphatic carbocycles. The minimum atomic E-state index is 1.07. The normalized spacial score (nSPS) is 10.3. The van der Waals surface area contributed by atoms with Crippen LogP contribution in [0, 0.1) is 0 Å². The van der Waals surface area contributed by atoms with Crippen LogP contribution in [0.4, 0.5) is 17.1 Å². The van der Waals surface area contributed by atoms with Crippen molar-refractivity contribution in [3.8, 4) is 0 Å². The maximum absolute atomic E-state index is 3.17. The van der Waals surface area contributed by atoms with Crippen molar-refractivity contribution in [2.75, 3.05) is 23.8 Å². The molecule has 2 aromatic rings. The molecule has 0 bridgehead atoms. The standard InChI is InChI=1S/C18H24N2/c1-3-4-8-15-20(17-9-6-5-7-10-17)18-13-11-16(19-2)12-14-18/h5-7,9-14,19H,3-4,8,15H2,1-2H3. The summed E-state index contributed by atoms with van der Waals surface area (Å²) < 4.78 is 0. The van der Waals surface area contributed by atoms with Crippen LogP contribution >= 0.6 is 0 Å². The molecule has 106 valence electrons. The highest BCUT2D eigenvalue weighted by Gasteiger charge is 2.08. The molecular weight excluding hydrogens is 244 g/mol. The second-order valence-electron chi connectivity index (χ2n) is 4.99. The number of hydrogen-bond acceptors (Lipinski definition) is 2. The highest BCUT2D eigenvalue weighted by Crippen LogP contribution is 2.26. The maximum atomic E-state index is 3.17. The third-order valence-corrected chi connectivity index (χ3v) is 3.52. The van der Waals surface area contributed by atoms with Gasteiger partial charge in [0.1, 0.15) is 0 Å². The summed E-state index contributed by atoms with van der Waals surface area (Å²) in [5, 5.41) is 3.17. The summed E-state index contributed by atoms with van der Waals surface area (Å²) in [7, 11) is 1.95. The van der Waals surface area contributed by atoms with Gasteiger partial charge in [-0.15, -0.1) is 0 Å². The van der Waals surface area contributed by atoms with Crippen molar-refractivity contribution in [3.63, 3.8) is 0 Å². The second kappa shape index (κ2) is 7.59. The van der Waals surface area contributed by atoms with Crippen LogP contribution in [0.3, 0.4) is 0 Å². The van der Waals surface area contributed by atoms with E-state index in [1.807, 2.05) is 7.05 Å². The first kappa shape index (κ1) is 14.4. The van der Waals surface area contributed by atoms with E-state index in [2.05, 4.69) is 71.7 Å². The monoisotopic (exact) mass is 268 g/mol. The van der Waals surface area contributed by atoms with Crippen LogP contribution < -0.4 is 10.2 Å². The molecule has 0 amide bonds. The van der Waals surface area contributed by atoms with Gasteiger partial charge in [0.2, 0.25) is 0 Å². The van der Waals surface area contributed by atoms with Gasteiger partial charge in [-0.1, -0.05) is 38.0 Å². The molecule has 0 heterocycles. The second-order valence-corrected chi connectivity index (χ2v) is 4.99. The van der Waals surface area contributed by atoms with Crippen LogP contribution in [-0.2, 0) is 0 Å². The highest BCUT2D eigenvalue weighted by atomic mass is 15.1. The Morgan fingerprint density at radius 1 is 0.850 bits per heavy atom. The minimum absolute atomic E-state index is 1.07. The van der Waals surface area contributed by atoms with Gasteiger partial charge in [-0.3, -0.25) is 0 Å². The molecule has 0 saturated heterocycles. The number of unbranched alkanes of at least 4 members (excludes halogenated alkanes) is 2. The van der Waals surface area contributed by atoms with Crippen LogP contribution in [0.25, 0.3) is 0 Å². The third-order valence-electron chi connectivity index (χ3n) is 3.52. The number of benzene rings is 2. The highest BCUT2D eigenvalue weighted by molar-refractivity contribution is 5.65. The molecule has 2 nitrogen and oxygen atoms in total. The number of nitrogens with zero attached hydrogens (tertiary/aromatic N) is 1. The quantitative estimate of drug-likeness (QED) is 0.706. The SMILES string of the molecule is CCCCCN(c1ccccc1)c1ccc(NC)cc1. The minimum Gasteiger partial charge on any atom is -0.388 e. The maximum Gasteiger partial charge on any atom is 0.0412 e. The van der Waals surface area contributed by atoms with Gasteiger partial charge >= 0.3 is 0 Å². The topological polar surface area (TPSA) is 15.3 Å². The van der Waals surface area contributed by atoms with Crippen molar-refractivity contribution in [3.05, 3.63) is 54.6 Å². The third kappa shape index (κ3) is 3.77. The van der Waals surface area contributed by atoms with Gasteiger partial charge in [0.15, 0.2) is 0 Å². The Kier molecular flexibility index (Phi) is 5.48. The van der Waals surface area contributed by atoms with E-state index in [-0.39, 0.29) is 0 Å². The number of anilines is 3. The van der Waals surface area contributed by atoms with Crippen LogP contribution in [-0.4, -0.2) is 13.6 Å². The first-order valence-corrected chi connectivity index (χ1v) is 7.45. The van der Waals surface area contributed by atoms with Gasteiger partial charge in [-0.05, 0) is 42.8 Å². The Morgan fingerprint density at radius 3 is 2.10 bits per heavy atom. The van der Waals surface area contributed by atoms with Crippen LogP contribution in [0.1, 0.15) is 26.2 Å². The Balaban J connectivity index is 2.20. The van der Waals surface area contributed by atoms with E-state index in [4.69, 9.17) is 0 Å². The molecular formula is C18H24N2. The zero-order chi connectivity index (χ0) is 14.2. The molecule has 0 spiro atoms. The van der Waals surface area contributed by atoms with Gasteiger partial charge in [0, 0.05) is 30.7 Å². The van der Waals surface area contributed by atoms with Crippen molar-refractivity contribution >= 4 is 17.1 Å². The Bertz CT molecular complexity index is 491. The molecule has 2 heteroatoms. The lowest BCUT2D eigenvalue weighted by molar-refractivity contribution is 0.716. The van der Waals surface area contributed by atoms with Crippen molar-refractivity contribution in [2.24, 2.45) is 0 Å². The summed E-state index contributed by atoms with van der Waals surface area (Å²) in [6, 6.07) is 19.3. The van der Waals surface area contributed by atoms with E-state index in [0.29, 0.717) is 0 Å². The predicted molar refractivity (Wildman–Crippen MR) is 89.0 cm³/mol. The van der Waals surface area contributed by atoms with E-state index in [9.17, 15) is 0 Å². The van der Waals surface area contributed by atoms with Crippen molar-refractivity contribution in [1.29, 1.82) is 0 Å². The van der Waals surface area contributed by atoms with E-state index in [1.54, 1.807) is 0 Å². The summed E-state index contributed by atoms with van der Waals surface area (Å²) in [5.41, 5.74) is 3.67. The molecule has 2 rings (SSSR count). The lowest BCUT2D eigenvalue weighted by Gasteiger charge is -2.25. The molecule has 0 radical (unpaired) electrons. The van der Waals surface area contributed by atoms with Crippen LogP contribution in [0.15, 0.2) is 54.6 Å².